The number of amides is 2. The van der Waals surface area contributed by atoms with Gasteiger partial charge in [-0.1, -0.05) is 72.4 Å². The molecule has 12 heteroatoms. The van der Waals surface area contributed by atoms with Crippen molar-refractivity contribution in [1.29, 1.82) is 0 Å². The Bertz CT molecular complexity index is 1490. The summed E-state index contributed by atoms with van der Waals surface area (Å²) in [5.41, 5.74) is 0.810. The molecule has 2 atom stereocenters. The number of nitrogens with zero attached hydrogens (tertiary/aromatic N) is 2. The Morgan fingerprint density at radius 1 is 0.854 bits per heavy atom. The number of carbonyl (C=O) groups excluding carboxylic acids is 2. The van der Waals surface area contributed by atoms with Gasteiger partial charge >= 0.3 is 0 Å². The maximum absolute atomic E-state index is 14.1. The number of halogens is 4. The SMILES string of the molecule is CC[C@H](C(=O)N[C@@H](C)CC)N(Cc1ccc(Cl)c(Cl)c1)C(=O)CN(c1cccc(Cl)c1)S(=O)(=O)c1ccc(Cl)cc1. The van der Waals surface area contributed by atoms with Crippen LogP contribution in [0, 0.1) is 0 Å². The molecule has 0 aliphatic carbocycles. The van der Waals surface area contributed by atoms with Gasteiger partial charge < -0.3 is 10.2 Å². The van der Waals surface area contributed by atoms with Crippen LogP contribution in [-0.2, 0) is 26.2 Å². The normalized spacial score (nSPS) is 12.9. The van der Waals surface area contributed by atoms with E-state index in [1.54, 1.807) is 43.3 Å². The van der Waals surface area contributed by atoms with E-state index in [9.17, 15) is 18.0 Å². The van der Waals surface area contributed by atoms with Crippen molar-refractivity contribution >= 4 is 73.9 Å². The van der Waals surface area contributed by atoms with Crippen LogP contribution in [0.15, 0.2) is 71.6 Å². The minimum Gasteiger partial charge on any atom is -0.352 e. The van der Waals surface area contributed by atoms with Gasteiger partial charge in [0.25, 0.3) is 10.0 Å². The third-order valence-electron chi connectivity index (χ3n) is 6.50. The highest BCUT2D eigenvalue weighted by Crippen LogP contribution is 2.28. The van der Waals surface area contributed by atoms with Crippen LogP contribution >= 0.6 is 46.4 Å². The zero-order valence-electron chi connectivity index (χ0n) is 22.8. The number of sulfonamides is 1. The summed E-state index contributed by atoms with van der Waals surface area (Å²) in [5.74, 6) is -0.940. The van der Waals surface area contributed by atoms with Crippen LogP contribution in [0.5, 0.6) is 0 Å². The van der Waals surface area contributed by atoms with E-state index in [-0.39, 0.29) is 35.5 Å². The standard InChI is InChI=1S/C29H31Cl4N3O4S/c1-4-19(3)34-29(38)27(5-2)35(17-20-9-14-25(32)26(33)15-20)28(37)18-36(23-8-6-7-22(31)16-23)41(39,40)24-12-10-21(30)11-13-24/h6-16,19,27H,4-5,17-18H2,1-3H3,(H,34,38)/t19-,27+/m0/s1. The number of nitrogens with one attached hydrogen (secondary N) is 1. The molecule has 2 amide bonds. The summed E-state index contributed by atoms with van der Waals surface area (Å²) in [6.07, 6.45) is 0.987. The maximum atomic E-state index is 14.1. The Morgan fingerprint density at radius 2 is 1.54 bits per heavy atom. The highest BCUT2D eigenvalue weighted by molar-refractivity contribution is 7.92. The van der Waals surface area contributed by atoms with Crippen molar-refractivity contribution in [1.82, 2.24) is 10.2 Å². The molecule has 1 N–H and O–H groups in total. The van der Waals surface area contributed by atoms with Crippen LogP contribution in [0.4, 0.5) is 5.69 Å². The molecule has 0 bridgehead atoms. The third-order valence-corrected chi connectivity index (χ3v) is 9.51. The van der Waals surface area contributed by atoms with Crippen LogP contribution in [0.25, 0.3) is 0 Å². The number of anilines is 1. The summed E-state index contributed by atoms with van der Waals surface area (Å²) < 4.78 is 28.7. The monoisotopic (exact) mass is 657 g/mol. The Kier molecular flexibility index (Phi) is 11.8. The maximum Gasteiger partial charge on any atom is 0.264 e. The van der Waals surface area contributed by atoms with Crippen LogP contribution in [0.3, 0.4) is 0 Å². The van der Waals surface area contributed by atoms with E-state index in [1.807, 2.05) is 13.8 Å². The molecule has 7 nitrogen and oxygen atoms in total. The van der Waals surface area contributed by atoms with Crippen LogP contribution in [-0.4, -0.2) is 43.8 Å². The molecule has 0 aliphatic heterocycles. The average Bonchev–Trinajstić information content (AvgIpc) is 2.93. The number of carbonyl (C=O) groups is 2. The molecule has 41 heavy (non-hydrogen) atoms. The van der Waals surface area contributed by atoms with E-state index in [2.05, 4.69) is 5.32 Å². The van der Waals surface area contributed by atoms with E-state index >= 15 is 0 Å². The van der Waals surface area contributed by atoms with Crippen LogP contribution in [0.1, 0.15) is 39.2 Å². The largest absolute Gasteiger partial charge is 0.352 e. The quantitative estimate of drug-likeness (QED) is 0.223. The summed E-state index contributed by atoms with van der Waals surface area (Å²) in [5, 5.41) is 4.22. The molecule has 0 saturated carbocycles. The van der Waals surface area contributed by atoms with Crippen molar-refractivity contribution in [2.45, 2.75) is 57.1 Å². The summed E-state index contributed by atoms with van der Waals surface area (Å²) in [7, 11) is -4.25. The van der Waals surface area contributed by atoms with Crippen molar-refractivity contribution in [3.05, 3.63) is 92.4 Å². The second-order valence-corrected chi connectivity index (χ2v) is 13.0. The van der Waals surface area contributed by atoms with Gasteiger partial charge in [-0.25, -0.2) is 8.42 Å². The molecule has 3 aromatic rings. The Labute approximate surface area is 261 Å². The first kappa shape index (κ1) is 33.0. The first-order valence-corrected chi connectivity index (χ1v) is 15.9. The zero-order valence-corrected chi connectivity index (χ0v) is 26.6. The van der Waals surface area contributed by atoms with Crippen molar-refractivity contribution in [3.63, 3.8) is 0 Å². The number of rotatable bonds is 12. The fraction of sp³-hybridized carbons (Fsp3) is 0.310. The Hall–Kier alpha value is -2.49. The average molecular weight is 659 g/mol. The fourth-order valence-corrected chi connectivity index (χ4v) is 6.13. The minimum atomic E-state index is -4.25. The van der Waals surface area contributed by atoms with Crippen LogP contribution in [0.2, 0.25) is 20.1 Å². The molecule has 0 unspecified atom stereocenters. The summed E-state index contributed by atoms with van der Waals surface area (Å²) in [6.45, 7) is 4.99. The number of hydrogen-bond acceptors (Lipinski definition) is 4. The topological polar surface area (TPSA) is 86.8 Å². The van der Waals surface area contributed by atoms with Crippen molar-refractivity contribution in [2.24, 2.45) is 0 Å². The summed E-state index contributed by atoms with van der Waals surface area (Å²) in [4.78, 5) is 28.7. The van der Waals surface area contributed by atoms with Crippen molar-refractivity contribution < 1.29 is 18.0 Å². The molecule has 0 radical (unpaired) electrons. The first-order chi connectivity index (χ1) is 19.4. The van der Waals surface area contributed by atoms with Gasteiger partial charge in [-0.15, -0.1) is 0 Å². The molecular weight excluding hydrogens is 628 g/mol. The van der Waals surface area contributed by atoms with E-state index in [4.69, 9.17) is 46.4 Å². The highest BCUT2D eigenvalue weighted by atomic mass is 35.5. The lowest BCUT2D eigenvalue weighted by Crippen LogP contribution is -2.53. The molecule has 220 valence electrons. The molecule has 0 saturated heterocycles. The van der Waals surface area contributed by atoms with Gasteiger partial charge in [0, 0.05) is 22.6 Å². The lowest BCUT2D eigenvalue weighted by molar-refractivity contribution is -0.140. The summed E-state index contributed by atoms with van der Waals surface area (Å²) in [6, 6.07) is 15.7. The van der Waals surface area contributed by atoms with Gasteiger partial charge in [0.15, 0.2) is 0 Å². The second kappa shape index (κ2) is 14.6. The lowest BCUT2D eigenvalue weighted by Gasteiger charge is -2.33. The molecular formula is C29H31Cl4N3O4S. The molecule has 3 aromatic carbocycles. The molecule has 0 aliphatic rings. The van der Waals surface area contributed by atoms with E-state index in [0.29, 0.717) is 32.1 Å². The molecule has 0 fully saturated rings. The molecule has 0 heterocycles. The van der Waals surface area contributed by atoms with Gasteiger partial charge in [-0.2, -0.15) is 0 Å². The highest BCUT2D eigenvalue weighted by Gasteiger charge is 2.34. The van der Waals surface area contributed by atoms with Gasteiger partial charge in [0.05, 0.1) is 20.6 Å². The molecule has 0 aromatic heterocycles. The fourth-order valence-electron chi connectivity index (χ4n) is 4.09. The molecule has 0 spiro atoms. The van der Waals surface area contributed by atoms with Crippen molar-refractivity contribution in [2.75, 3.05) is 10.8 Å². The second-order valence-electron chi connectivity index (χ2n) is 9.46. The predicted octanol–water partition coefficient (Wildman–Crippen LogP) is 7.22. The summed E-state index contributed by atoms with van der Waals surface area (Å²) >= 11 is 24.5. The van der Waals surface area contributed by atoms with Crippen molar-refractivity contribution in [3.8, 4) is 0 Å². The molecule has 3 rings (SSSR count). The minimum absolute atomic E-state index is 0.00741. The number of benzene rings is 3. The van der Waals surface area contributed by atoms with Crippen LogP contribution < -0.4 is 9.62 Å². The Balaban J connectivity index is 2.08. The van der Waals surface area contributed by atoms with Gasteiger partial charge in [-0.05, 0) is 79.9 Å². The van der Waals surface area contributed by atoms with Gasteiger partial charge in [0.1, 0.15) is 12.6 Å². The van der Waals surface area contributed by atoms with E-state index < -0.39 is 28.5 Å². The number of hydrogen-bond donors (Lipinski definition) is 1. The predicted molar refractivity (Wildman–Crippen MR) is 166 cm³/mol. The van der Waals surface area contributed by atoms with E-state index in [0.717, 1.165) is 4.31 Å². The third kappa shape index (κ3) is 8.52. The first-order valence-electron chi connectivity index (χ1n) is 12.9. The lowest BCUT2D eigenvalue weighted by atomic mass is 10.1. The van der Waals surface area contributed by atoms with Gasteiger partial charge in [-0.3, -0.25) is 13.9 Å². The van der Waals surface area contributed by atoms with Gasteiger partial charge in [0.2, 0.25) is 11.8 Å². The van der Waals surface area contributed by atoms with E-state index in [1.165, 1.54) is 35.2 Å². The Morgan fingerprint density at radius 3 is 2.12 bits per heavy atom. The zero-order chi connectivity index (χ0) is 30.3. The smallest absolute Gasteiger partial charge is 0.264 e.